The first-order chi connectivity index (χ1) is 31.2. The Morgan fingerprint density at radius 3 is 1.29 bits per heavy atom. The first-order valence-electron chi connectivity index (χ1n) is 21.4. The molecule has 10 aromatic carbocycles. The zero-order valence-corrected chi connectivity index (χ0v) is 36.2. The molecule has 2 aromatic heterocycles. The number of para-hydroxylation sites is 2. The summed E-state index contributed by atoms with van der Waals surface area (Å²) in [6.45, 7) is 2.27. The van der Waals surface area contributed by atoms with Crippen LogP contribution in [0.3, 0.4) is 0 Å². The summed E-state index contributed by atoms with van der Waals surface area (Å²) in [6, 6.07) is 82.1. The van der Waals surface area contributed by atoms with E-state index in [-0.39, 0.29) is 0 Å². The Bertz CT molecular complexity index is 3660. The smallest absolute Gasteiger partial charge is 0.0570 e. The second kappa shape index (κ2) is 15.4. The average molecular weight is 841 g/mol. The first-order valence-corrected chi connectivity index (χ1v) is 23.1. The van der Waals surface area contributed by atoms with Gasteiger partial charge in [0, 0.05) is 73.9 Å². The Morgan fingerprint density at radius 1 is 0.317 bits per heavy atom. The summed E-state index contributed by atoms with van der Waals surface area (Å²) in [5, 5.41) is 7.59. The van der Waals surface area contributed by atoms with E-state index in [0.717, 1.165) is 34.1 Å². The van der Waals surface area contributed by atoms with E-state index in [9.17, 15) is 0 Å². The number of aryl methyl sites for hydroxylation is 1. The van der Waals surface area contributed by atoms with Crippen LogP contribution in [0.4, 0.5) is 34.1 Å². The number of hydrogen-bond donors (Lipinski definition) is 0. The minimum atomic E-state index is 1.11. The van der Waals surface area contributed by atoms with Crippen molar-refractivity contribution in [1.82, 2.24) is 0 Å². The zero-order valence-electron chi connectivity index (χ0n) is 34.6. The van der Waals surface area contributed by atoms with E-state index in [1.54, 1.807) is 0 Å². The van der Waals surface area contributed by atoms with Crippen LogP contribution >= 0.6 is 22.7 Å². The topological polar surface area (TPSA) is 6.48 Å². The van der Waals surface area contributed by atoms with E-state index in [1.807, 2.05) is 22.7 Å². The monoisotopic (exact) mass is 840 g/mol. The molecule has 12 aromatic rings. The van der Waals surface area contributed by atoms with E-state index < -0.39 is 0 Å². The number of hydrogen-bond acceptors (Lipinski definition) is 4. The molecular weight excluding hydrogens is 801 g/mol. The molecule has 4 heteroatoms. The fourth-order valence-electron chi connectivity index (χ4n) is 9.52. The molecule has 2 heterocycles. The summed E-state index contributed by atoms with van der Waals surface area (Å²) < 4.78 is 5.26. The van der Waals surface area contributed by atoms with Gasteiger partial charge in [-0.05, 0) is 101 Å². The number of nitrogens with zero attached hydrogens (tertiary/aromatic N) is 2. The average Bonchev–Trinajstić information content (AvgIpc) is 3.92. The van der Waals surface area contributed by atoms with Crippen LogP contribution in [0.25, 0.3) is 73.4 Å². The van der Waals surface area contributed by atoms with Gasteiger partial charge in [-0.15, -0.1) is 22.7 Å². The van der Waals surface area contributed by atoms with Crippen LogP contribution in [-0.4, -0.2) is 0 Å². The summed E-state index contributed by atoms with van der Waals surface area (Å²) in [7, 11) is 0. The Balaban J connectivity index is 1.04. The van der Waals surface area contributed by atoms with Crippen molar-refractivity contribution in [1.29, 1.82) is 0 Å². The summed E-state index contributed by atoms with van der Waals surface area (Å²) in [5.74, 6) is 0. The summed E-state index contributed by atoms with van der Waals surface area (Å²) in [5.41, 5.74) is 12.8. The molecule has 0 radical (unpaired) electrons. The second-order valence-corrected chi connectivity index (χ2v) is 18.2. The van der Waals surface area contributed by atoms with Crippen molar-refractivity contribution in [3.8, 4) is 22.3 Å². The predicted molar refractivity (Wildman–Crippen MR) is 275 cm³/mol. The van der Waals surface area contributed by atoms with Crippen molar-refractivity contribution in [2.75, 3.05) is 9.80 Å². The highest BCUT2D eigenvalue weighted by molar-refractivity contribution is 7.26. The summed E-state index contributed by atoms with van der Waals surface area (Å²) in [4.78, 5) is 4.89. The molecule has 0 aliphatic heterocycles. The van der Waals surface area contributed by atoms with Gasteiger partial charge in [0.15, 0.2) is 0 Å². The van der Waals surface area contributed by atoms with Crippen LogP contribution in [0.2, 0.25) is 0 Å². The van der Waals surface area contributed by atoms with Crippen LogP contribution < -0.4 is 9.80 Å². The van der Waals surface area contributed by atoms with Crippen LogP contribution in [0.15, 0.2) is 224 Å². The normalized spacial score (nSPS) is 11.6. The van der Waals surface area contributed by atoms with Gasteiger partial charge in [0.2, 0.25) is 0 Å². The molecule has 0 saturated heterocycles. The van der Waals surface area contributed by atoms with Crippen molar-refractivity contribution >= 4 is 108 Å². The summed E-state index contributed by atoms with van der Waals surface area (Å²) >= 11 is 3.76. The van der Waals surface area contributed by atoms with Crippen LogP contribution in [0.1, 0.15) is 5.56 Å². The van der Waals surface area contributed by atoms with Gasteiger partial charge in [-0.2, -0.15) is 0 Å². The Hall–Kier alpha value is -7.50. The molecule has 0 spiro atoms. The fourth-order valence-corrected chi connectivity index (χ4v) is 12.0. The highest BCUT2D eigenvalue weighted by atomic mass is 32.1. The lowest BCUT2D eigenvalue weighted by Gasteiger charge is -2.32. The maximum absolute atomic E-state index is 2.45. The quantitative estimate of drug-likeness (QED) is 0.150. The molecule has 0 N–H and O–H groups in total. The number of anilines is 6. The molecule has 0 saturated carbocycles. The van der Waals surface area contributed by atoms with Gasteiger partial charge in [0.25, 0.3) is 0 Å². The molecule has 0 bridgehead atoms. The molecule has 298 valence electrons. The van der Waals surface area contributed by atoms with Crippen LogP contribution in [0.5, 0.6) is 0 Å². The predicted octanol–water partition coefficient (Wildman–Crippen LogP) is 18.2. The number of rotatable bonds is 8. The van der Waals surface area contributed by atoms with Crippen molar-refractivity contribution in [2.45, 2.75) is 6.92 Å². The molecule has 63 heavy (non-hydrogen) atoms. The largest absolute Gasteiger partial charge is 0.310 e. The third-order valence-corrected chi connectivity index (χ3v) is 14.8. The fraction of sp³-hybridized carbons (Fsp3) is 0.0169. The Kier molecular flexibility index (Phi) is 9.14. The molecule has 12 rings (SSSR count). The molecule has 0 aliphatic carbocycles. The Morgan fingerprint density at radius 2 is 0.730 bits per heavy atom. The SMILES string of the molecule is Cc1cc(N(c2ccccc2)c2cccc(-c3cccc4c3sc3ccccc34)c2)c2ccccc2c1N(c1ccccc1)c1cccc(-c2cccc3c2sc2ccccc23)c1. The Labute approximate surface area is 374 Å². The second-order valence-electron chi connectivity index (χ2n) is 16.1. The summed E-state index contributed by atoms with van der Waals surface area (Å²) in [6.07, 6.45) is 0. The maximum atomic E-state index is 2.45. The standard InChI is InChI=1S/C59H40N2S2/c1-39-36-54(60(42-20-4-2-5-21-42)44-24-14-18-40(37-44)46-30-16-32-52-49-27-10-12-34-55(49)62-58(46)52)48-26-8-9-29-51(48)57(39)61(43-22-6-3-7-23-43)45-25-15-19-41(38-45)47-31-17-33-53-50-28-11-13-35-56(50)63-59(47)53/h2-38H,1H3. The number of benzene rings is 10. The van der Waals surface area contributed by atoms with Crippen LogP contribution in [-0.2, 0) is 0 Å². The maximum Gasteiger partial charge on any atom is 0.0570 e. The zero-order chi connectivity index (χ0) is 41.9. The number of fused-ring (bicyclic) bond motifs is 7. The van der Waals surface area contributed by atoms with Gasteiger partial charge in [0.1, 0.15) is 0 Å². The molecule has 0 aliphatic rings. The highest BCUT2D eigenvalue weighted by Gasteiger charge is 2.24. The molecule has 0 amide bonds. The van der Waals surface area contributed by atoms with Gasteiger partial charge in [-0.25, -0.2) is 0 Å². The molecule has 0 unspecified atom stereocenters. The third kappa shape index (κ3) is 6.38. The van der Waals surface area contributed by atoms with Crippen LogP contribution in [0, 0.1) is 6.92 Å². The van der Waals surface area contributed by atoms with Crippen molar-refractivity contribution in [3.63, 3.8) is 0 Å². The van der Waals surface area contributed by atoms with Gasteiger partial charge in [0.05, 0.1) is 11.4 Å². The van der Waals surface area contributed by atoms with Crippen molar-refractivity contribution in [3.05, 3.63) is 230 Å². The van der Waals surface area contributed by atoms with E-state index in [1.165, 1.54) is 78.9 Å². The molecule has 0 atom stereocenters. The van der Waals surface area contributed by atoms with Gasteiger partial charge in [-0.1, -0.05) is 158 Å². The third-order valence-electron chi connectivity index (χ3n) is 12.3. The lowest BCUT2D eigenvalue weighted by atomic mass is 9.97. The van der Waals surface area contributed by atoms with E-state index in [2.05, 4.69) is 241 Å². The molecular formula is C59H40N2S2. The van der Waals surface area contributed by atoms with Crippen molar-refractivity contribution < 1.29 is 0 Å². The minimum Gasteiger partial charge on any atom is -0.310 e. The lowest BCUT2D eigenvalue weighted by molar-refractivity contribution is 1.25. The number of thiophene rings is 2. The van der Waals surface area contributed by atoms with Gasteiger partial charge in [-0.3, -0.25) is 0 Å². The van der Waals surface area contributed by atoms with Gasteiger partial charge >= 0.3 is 0 Å². The van der Waals surface area contributed by atoms with E-state index in [4.69, 9.17) is 0 Å². The molecule has 2 nitrogen and oxygen atoms in total. The van der Waals surface area contributed by atoms with Gasteiger partial charge < -0.3 is 9.80 Å². The van der Waals surface area contributed by atoms with E-state index >= 15 is 0 Å². The molecule has 0 fully saturated rings. The first kappa shape index (κ1) is 37.3. The minimum absolute atomic E-state index is 1.11. The highest BCUT2D eigenvalue weighted by Crippen LogP contribution is 2.49. The van der Waals surface area contributed by atoms with E-state index in [0.29, 0.717) is 0 Å². The lowest BCUT2D eigenvalue weighted by Crippen LogP contribution is -2.15. The van der Waals surface area contributed by atoms with Crippen molar-refractivity contribution in [2.24, 2.45) is 0 Å².